The van der Waals surface area contributed by atoms with Crippen LogP contribution in [0.25, 0.3) is 0 Å². The van der Waals surface area contributed by atoms with Crippen molar-refractivity contribution in [2.75, 3.05) is 19.0 Å². The van der Waals surface area contributed by atoms with Gasteiger partial charge < -0.3 is 5.32 Å². The van der Waals surface area contributed by atoms with Crippen molar-refractivity contribution < 1.29 is 13.2 Å². The number of hydrogen-bond acceptors (Lipinski definition) is 4. The lowest BCUT2D eigenvalue weighted by Crippen LogP contribution is -2.42. The zero-order chi connectivity index (χ0) is 9.68. The first-order valence-corrected chi connectivity index (χ1v) is 5.62. The Labute approximate surface area is 79.1 Å². The smallest absolute Gasteiger partial charge is 0.207 e. The highest BCUT2D eigenvalue weighted by Crippen LogP contribution is 2.08. The zero-order valence-corrected chi connectivity index (χ0v) is 8.20. The molecule has 6 heteroatoms. The molecule has 0 unspecified atom stereocenters. The van der Waals surface area contributed by atoms with Crippen LogP contribution in [0.2, 0.25) is 0 Å². The summed E-state index contributed by atoms with van der Waals surface area (Å²) >= 11 is 0. The van der Waals surface area contributed by atoms with E-state index in [-0.39, 0.29) is 11.9 Å². The Bertz CT molecular complexity index is 226. The fraction of sp³-hybridized carbons (Fsp3) is 0.857. The van der Waals surface area contributed by atoms with Crippen molar-refractivity contribution in [2.45, 2.75) is 18.9 Å². The predicted molar refractivity (Wildman–Crippen MR) is 49.0 cm³/mol. The van der Waals surface area contributed by atoms with E-state index in [1.54, 1.807) is 0 Å². The molecule has 0 radical (unpaired) electrons. The van der Waals surface area contributed by atoms with E-state index in [2.05, 4.69) is 5.32 Å². The molecule has 1 saturated heterocycles. The average Bonchev–Trinajstić information content (AvgIpc) is 2.08. The third-order valence-electron chi connectivity index (χ3n) is 2.21. The number of rotatable bonds is 4. The van der Waals surface area contributed by atoms with E-state index < -0.39 is 10.7 Å². The molecule has 1 N–H and O–H groups in total. The highest BCUT2D eigenvalue weighted by molar-refractivity contribution is 7.72. The van der Waals surface area contributed by atoms with Crippen LogP contribution >= 0.6 is 0 Å². The molecule has 1 aliphatic heterocycles. The minimum atomic E-state index is -2.31. The van der Waals surface area contributed by atoms with Crippen molar-refractivity contribution >= 4 is 17.1 Å². The van der Waals surface area contributed by atoms with Gasteiger partial charge in [-0.3, -0.25) is 9.69 Å². The normalized spacial score (nSPS) is 20.4. The number of thiol groups is 1. The Kier molecular flexibility index (Phi) is 4.17. The first-order valence-electron chi connectivity index (χ1n) is 4.26. The van der Waals surface area contributed by atoms with Crippen LogP contribution in [0.1, 0.15) is 12.8 Å². The van der Waals surface area contributed by atoms with Gasteiger partial charge in [0.05, 0.1) is 5.88 Å². The number of carbonyl (C=O) groups excluding carboxylic acids is 1. The molecule has 0 aliphatic carbocycles. The molecule has 76 valence electrons. The van der Waals surface area contributed by atoms with E-state index in [4.69, 9.17) is 0 Å². The predicted octanol–water partition coefficient (Wildman–Crippen LogP) is -1.23. The number of amides is 1. The monoisotopic (exact) mass is 206 g/mol. The molecule has 0 bridgehead atoms. The van der Waals surface area contributed by atoms with Crippen molar-refractivity contribution in [2.24, 2.45) is 0 Å². The molecule has 1 fully saturated rings. The van der Waals surface area contributed by atoms with E-state index in [9.17, 15) is 13.2 Å². The number of nitrogens with zero attached hydrogens (tertiary/aromatic N) is 1. The SMILES string of the molecule is O=CNC1CCN(C[SH](=O)=O)CC1. The van der Waals surface area contributed by atoms with E-state index >= 15 is 0 Å². The Morgan fingerprint density at radius 2 is 2.00 bits per heavy atom. The Hall–Kier alpha value is -0.620. The minimum absolute atomic E-state index is 0.142. The second-order valence-electron chi connectivity index (χ2n) is 3.15. The highest BCUT2D eigenvalue weighted by atomic mass is 32.2. The Morgan fingerprint density at radius 1 is 1.38 bits per heavy atom. The van der Waals surface area contributed by atoms with Crippen LogP contribution in [0.3, 0.4) is 0 Å². The van der Waals surface area contributed by atoms with Crippen LogP contribution in [-0.4, -0.2) is 44.7 Å². The van der Waals surface area contributed by atoms with Crippen LogP contribution in [0.4, 0.5) is 0 Å². The summed E-state index contributed by atoms with van der Waals surface area (Å²) in [4.78, 5) is 12.0. The summed E-state index contributed by atoms with van der Waals surface area (Å²) < 4.78 is 20.8. The Balaban J connectivity index is 2.26. The van der Waals surface area contributed by atoms with Gasteiger partial charge in [-0.25, -0.2) is 8.42 Å². The summed E-state index contributed by atoms with van der Waals surface area (Å²) in [6, 6.07) is 0.221. The van der Waals surface area contributed by atoms with Crippen molar-refractivity contribution in [3.8, 4) is 0 Å². The summed E-state index contributed by atoms with van der Waals surface area (Å²) in [6.07, 6.45) is 2.37. The maximum absolute atomic E-state index is 10.4. The average molecular weight is 206 g/mol. The molecule has 0 spiro atoms. The first-order chi connectivity index (χ1) is 6.22. The number of piperidine rings is 1. The van der Waals surface area contributed by atoms with E-state index in [1.807, 2.05) is 4.90 Å². The second-order valence-corrected chi connectivity index (χ2v) is 4.10. The lowest BCUT2D eigenvalue weighted by Gasteiger charge is -2.29. The quantitative estimate of drug-likeness (QED) is 0.446. The van der Waals surface area contributed by atoms with Gasteiger partial charge >= 0.3 is 0 Å². The first kappa shape index (κ1) is 10.5. The molecule has 13 heavy (non-hydrogen) atoms. The van der Waals surface area contributed by atoms with Crippen molar-refractivity contribution in [3.05, 3.63) is 0 Å². The topological polar surface area (TPSA) is 66.5 Å². The fourth-order valence-corrected chi connectivity index (χ4v) is 2.11. The summed E-state index contributed by atoms with van der Waals surface area (Å²) in [5.74, 6) is 0.142. The lowest BCUT2D eigenvalue weighted by atomic mass is 10.1. The van der Waals surface area contributed by atoms with Crippen molar-refractivity contribution in [3.63, 3.8) is 0 Å². The molecule has 0 aromatic carbocycles. The van der Waals surface area contributed by atoms with Crippen LogP contribution in [0, 0.1) is 0 Å². The number of carbonyl (C=O) groups is 1. The van der Waals surface area contributed by atoms with E-state index in [0.717, 1.165) is 25.9 Å². The van der Waals surface area contributed by atoms with Gasteiger partial charge in [-0.15, -0.1) is 0 Å². The third kappa shape index (κ3) is 3.73. The van der Waals surface area contributed by atoms with Gasteiger partial charge in [-0.05, 0) is 12.8 Å². The molecule has 0 atom stereocenters. The maximum atomic E-state index is 10.4. The molecular formula is C7H14N2O3S. The molecule has 5 nitrogen and oxygen atoms in total. The van der Waals surface area contributed by atoms with Gasteiger partial charge in [0.25, 0.3) is 0 Å². The van der Waals surface area contributed by atoms with Crippen molar-refractivity contribution in [1.82, 2.24) is 10.2 Å². The fourth-order valence-electron chi connectivity index (χ4n) is 1.50. The minimum Gasteiger partial charge on any atom is -0.356 e. The Morgan fingerprint density at radius 3 is 2.46 bits per heavy atom. The van der Waals surface area contributed by atoms with Crippen LogP contribution in [0.15, 0.2) is 0 Å². The lowest BCUT2D eigenvalue weighted by molar-refractivity contribution is -0.110. The molecule has 1 aliphatic rings. The largest absolute Gasteiger partial charge is 0.356 e. The van der Waals surface area contributed by atoms with Crippen molar-refractivity contribution in [1.29, 1.82) is 0 Å². The molecule has 1 amide bonds. The van der Waals surface area contributed by atoms with Crippen LogP contribution in [-0.2, 0) is 15.5 Å². The van der Waals surface area contributed by atoms with E-state index in [1.165, 1.54) is 0 Å². The molecule has 0 aromatic heterocycles. The maximum Gasteiger partial charge on any atom is 0.207 e. The molecular weight excluding hydrogens is 192 g/mol. The van der Waals surface area contributed by atoms with Gasteiger partial charge in [-0.1, -0.05) is 0 Å². The second kappa shape index (κ2) is 5.18. The van der Waals surface area contributed by atoms with Gasteiger partial charge in [0.2, 0.25) is 6.41 Å². The number of nitrogens with one attached hydrogen (secondary N) is 1. The number of hydrogen-bond donors (Lipinski definition) is 2. The van der Waals surface area contributed by atoms with Gasteiger partial charge in [0.15, 0.2) is 10.7 Å². The van der Waals surface area contributed by atoms with Crippen LogP contribution in [0.5, 0.6) is 0 Å². The zero-order valence-electron chi connectivity index (χ0n) is 7.31. The summed E-state index contributed by atoms with van der Waals surface area (Å²) in [7, 11) is -2.31. The number of likely N-dealkylation sites (tertiary alicyclic amines) is 1. The highest BCUT2D eigenvalue weighted by Gasteiger charge is 2.18. The summed E-state index contributed by atoms with van der Waals surface area (Å²) in [5.41, 5.74) is 0. The molecule has 0 aromatic rings. The van der Waals surface area contributed by atoms with Gasteiger partial charge in [-0.2, -0.15) is 0 Å². The molecule has 0 saturated carbocycles. The summed E-state index contributed by atoms with van der Waals surface area (Å²) in [6.45, 7) is 1.49. The third-order valence-corrected chi connectivity index (χ3v) is 2.84. The van der Waals surface area contributed by atoms with E-state index in [0.29, 0.717) is 6.41 Å². The molecule has 1 heterocycles. The van der Waals surface area contributed by atoms with Gasteiger partial charge in [0.1, 0.15) is 0 Å². The summed E-state index contributed by atoms with van der Waals surface area (Å²) in [5, 5.41) is 2.70. The molecule has 1 rings (SSSR count). The standard InChI is InChI=1S/C7H14N2O3S/c10-5-8-7-1-3-9(4-2-7)6-13(11)12/h5,7,13H,1-4,6H2,(H,8,10). The van der Waals surface area contributed by atoms with Crippen LogP contribution < -0.4 is 5.32 Å². The van der Waals surface area contributed by atoms with Gasteiger partial charge in [0, 0.05) is 19.1 Å².